The van der Waals surface area contributed by atoms with E-state index in [4.69, 9.17) is 23.2 Å². The molecule has 0 aliphatic heterocycles. The molecule has 0 fully saturated rings. The second kappa shape index (κ2) is 6.36. The molecule has 13 heavy (non-hydrogen) atoms. The Morgan fingerprint density at radius 3 is 2.46 bits per heavy atom. The second-order valence-corrected chi connectivity index (χ2v) is 3.37. The van der Waals surface area contributed by atoms with Gasteiger partial charge in [0.1, 0.15) is 0 Å². The number of rotatable bonds is 3. The molecule has 1 N–H and O–H groups in total. The lowest BCUT2D eigenvalue weighted by Crippen LogP contribution is -1.98. The second-order valence-electron chi connectivity index (χ2n) is 2.56. The van der Waals surface area contributed by atoms with Crippen LogP contribution in [0.15, 0.2) is 18.2 Å². The van der Waals surface area contributed by atoms with Crippen molar-refractivity contribution in [2.24, 2.45) is 0 Å². The van der Waals surface area contributed by atoms with Crippen molar-refractivity contribution in [2.45, 2.75) is 13.3 Å². The lowest BCUT2D eigenvalue weighted by atomic mass is 10.3. The lowest BCUT2D eigenvalue weighted by molar-refractivity contribution is 0.980. The Morgan fingerprint density at radius 2 is 1.92 bits per heavy atom. The number of nitrogens with one attached hydrogen (secondary N) is 1. The van der Waals surface area contributed by atoms with Gasteiger partial charge in [-0.05, 0) is 24.6 Å². The van der Waals surface area contributed by atoms with E-state index in [0.29, 0.717) is 10.0 Å². The predicted molar refractivity (Wildman–Crippen MR) is 62.5 cm³/mol. The van der Waals surface area contributed by atoms with Crippen LogP contribution in [0.2, 0.25) is 10.0 Å². The van der Waals surface area contributed by atoms with Crippen molar-refractivity contribution in [1.29, 1.82) is 0 Å². The van der Waals surface area contributed by atoms with Gasteiger partial charge in [-0.2, -0.15) is 0 Å². The molecule has 0 amide bonds. The first-order chi connectivity index (χ1) is 5.74. The molecular weight excluding hydrogens is 228 g/mol. The van der Waals surface area contributed by atoms with Crippen LogP contribution in [0.25, 0.3) is 0 Å². The number of anilines is 1. The maximum atomic E-state index is 5.82. The number of hydrogen-bond donors (Lipinski definition) is 1. The molecule has 0 aliphatic rings. The molecule has 4 heteroatoms. The van der Waals surface area contributed by atoms with Gasteiger partial charge < -0.3 is 5.32 Å². The summed E-state index contributed by atoms with van der Waals surface area (Å²) in [5, 5.41) is 4.41. The van der Waals surface area contributed by atoms with Gasteiger partial charge in [-0.25, -0.2) is 0 Å². The standard InChI is InChI=1S/C9H11Cl2N.ClH/c1-2-5-12-7-3-4-8(10)9(11)6-7;/h3-4,6,12H,2,5H2,1H3;1H. The van der Waals surface area contributed by atoms with Crippen molar-refractivity contribution >= 4 is 41.3 Å². The summed E-state index contributed by atoms with van der Waals surface area (Å²) in [6.45, 7) is 3.07. The summed E-state index contributed by atoms with van der Waals surface area (Å²) in [5.74, 6) is 0. The number of hydrogen-bond acceptors (Lipinski definition) is 1. The molecule has 1 nitrogen and oxygen atoms in total. The minimum Gasteiger partial charge on any atom is -0.385 e. The zero-order valence-corrected chi connectivity index (χ0v) is 9.64. The molecule has 0 bridgehead atoms. The smallest absolute Gasteiger partial charge is 0.0612 e. The molecular formula is C9H12Cl3N. The maximum absolute atomic E-state index is 5.82. The summed E-state index contributed by atoms with van der Waals surface area (Å²) in [7, 11) is 0. The van der Waals surface area contributed by atoms with Gasteiger partial charge in [0.15, 0.2) is 0 Å². The molecule has 74 valence electrons. The predicted octanol–water partition coefficient (Wildman–Crippen LogP) is 4.24. The van der Waals surface area contributed by atoms with Crippen molar-refractivity contribution in [3.05, 3.63) is 28.2 Å². The van der Waals surface area contributed by atoms with Gasteiger partial charge in [0.25, 0.3) is 0 Å². The van der Waals surface area contributed by atoms with E-state index in [-0.39, 0.29) is 12.4 Å². The van der Waals surface area contributed by atoms with Gasteiger partial charge in [0.2, 0.25) is 0 Å². The Bertz CT molecular complexity index is 263. The summed E-state index contributed by atoms with van der Waals surface area (Å²) < 4.78 is 0. The van der Waals surface area contributed by atoms with E-state index in [0.717, 1.165) is 18.7 Å². The van der Waals surface area contributed by atoms with E-state index in [1.807, 2.05) is 12.1 Å². The summed E-state index contributed by atoms with van der Waals surface area (Å²) in [4.78, 5) is 0. The third-order valence-corrected chi connectivity index (χ3v) is 2.24. The van der Waals surface area contributed by atoms with Crippen LogP contribution in [0, 0.1) is 0 Å². The molecule has 1 aromatic carbocycles. The summed E-state index contributed by atoms with van der Waals surface area (Å²) in [6, 6.07) is 5.55. The third-order valence-electron chi connectivity index (χ3n) is 1.50. The molecule has 0 aliphatic carbocycles. The fraction of sp³-hybridized carbons (Fsp3) is 0.333. The van der Waals surface area contributed by atoms with Gasteiger partial charge >= 0.3 is 0 Å². The van der Waals surface area contributed by atoms with Crippen molar-refractivity contribution in [3.63, 3.8) is 0 Å². The quantitative estimate of drug-likeness (QED) is 0.833. The van der Waals surface area contributed by atoms with E-state index < -0.39 is 0 Å². The molecule has 0 radical (unpaired) electrons. The van der Waals surface area contributed by atoms with E-state index in [1.54, 1.807) is 6.07 Å². The average molecular weight is 241 g/mol. The molecule has 0 saturated heterocycles. The molecule has 0 heterocycles. The normalized spacial score (nSPS) is 9.15. The lowest BCUT2D eigenvalue weighted by Gasteiger charge is -2.04. The Balaban J connectivity index is 0.00000144. The van der Waals surface area contributed by atoms with Gasteiger partial charge in [0.05, 0.1) is 10.0 Å². The Morgan fingerprint density at radius 1 is 1.23 bits per heavy atom. The molecule has 0 saturated carbocycles. The number of benzene rings is 1. The van der Waals surface area contributed by atoms with E-state index in [1.165, 1.54) is 0 Å². The first-order valence-electron chi connectivity index (χ1n) is 3.93. The van der Waals surface area contributed by atoms with Crippen LogP contribution in [0.4, 0.5) is 5.69 Å². The topological polar surface area (TPSA) is 12.0 Å². The van der Waals surface area contributed by atoms with Gasteiger partial charge in [0, 0.05) is 12.2 Å². The van der Waals surface area contributed by atoms with Crippen LogP contribution in [0.1, 0.15) is 13.3 Å². The zero-order valence-electron chi connectivity index (χ0n) is 7.31. The molecule has 0 aromatic heterocycles. The van der Waals surface area contributed by atoms with Crippen LogP contribution >= 0.6 is 35.6 Å². The Labute approximate surface area is 94.8 Å². The Kier molecular flexibility index (Phi) is 6.31. The maximum Gasteiger partial charge on any atom is 0.0612 e. The largest absolute Gasteiger partial charge is 0.385 e. The van der Waals surface area contributed by atoms with Crippen molar-refractivity contribution in [1.82, 2.24) is 0 Å². The van der Waals surface area contributed by atoms with E-state index >= 15 is 0 Å². The van der Waals surface area contributed by atoms with Gasteiger partial charge in [-0.1, -0.05) is 30.1 Å². The Hall–Kier alpha value is -0.110. The first kappa shape index (κ1) is 12.9. The zero-order chi connectivity index (χ0) is 8.97. The van der Waals surface area contributed by atoms with Gasteiger partial charge in [-0.15, -0.1) is 12.4 Å². The first-order valence-corrected chi connectivity index (χ1v) is 4.68. The third kappa shape index (κ3) is 4.08. The van der Waals surface area contributed by atoms with E-state index in [2.05, 4.69) is 12.2 Å². The van der Waals surface area contributed by atoms with Crippen molar-refractivity contribution in [2.75, 3.05) is 11.9 Å². The highest BCUT2D eigenvalue weighted by Gasteiger charge is 1.97. The van der Waals surface area contributed by atoms with Crippen LogP contribution in [0.5, 0.6) is 0 Å². The summed E-state index contributed by atoms with van der Waals surface area (Å²) in [5.41, 5.74) is 1.02. The monoisotopic (exact) mass is 239 g/mol. The highest BCUT2D eigenvalue weighted by Crippen LogP contribution is 2.24. The fourth-order valence-electron chi connectivity index (χ4n) is 0.875. The minimum absolute atomic E-state index is 0. The van der Waals surface area contributed by atoms with Crippen molar-refractivity contribution < 1.29 is 0 Å². The molecule has 0 atom stereocenters. The highest BCUT2D eigenvalue weighted by atomic mass is 35.5. The highest BCUT2D eigenvalue weighted by molar-refractivity contribution is 6.42. The molecule has 0 spiro atoms. The molecule has 1 rings (SSSR count). The van der Waals surface area contributed by atoms with Crippen molar-refractivity contribution in [3.8, 4) is 0 Å². The van der Waals surface area contributed by atoms with Crippen LogP contribution in [-0.4, -0.2) is 6.54 Å². The van der Waals surface area contributed by atoms with E-state index in [9.17, 15) is 0 Å². The van der Waals surface area contributed by atoms with Crippen LogP contribution < -0.4 is 5.32 Å². The summed E-state index contributed by atoms with van der Waals surface area (Å²) >= 11 is 11.6. The SMILES string of the molecule is CCCNc1ccc(Cl)c(Cl)c1.Cl. The molecule has 0 unspecified atom stereocenters. The molecule has 1 aromatic rings. The summed E-state index contributed by atoms with van der Waals surface area (Å²) in [6.07, 6.45) is 1.10. The fourth-order valence-corrected chi connectivity index (χ4v) is 1.17. The van der Waals surface area contributed by atoms with Gasteiger partial charge in [-0.3, -0.25) is 0 Å². The van der Waals surface area contributed by atoms with Crippen LogP contribution in [0.3, 0.4) is 0 Å². The minimum atomic E-state index is 0. The number of halogens is 3. The van der Waals surface area contributed by atoms with Crippen LogP contribution in [-0.2, 0) is 0 Å². The average Bonchev–Trinajstić information content (AvgIpc) is 2.07.